The Labute approximate surface area is 207 Å². The molecule has 4 rings (SSSR count). The molecule has 5 atom stereocenters. The number of rotatable bonds is 6. The van der Waals surface area contributed by atoms with E-state index < -0.39 is 17.5 Å². The minimum Gasteiger partial charge on any atom is -0.461 e. The van der Waals surface area contributed by atoms with Crippen LogP contribution in [0.5, 0.6) is 0 Å². The Morgan fingerprint density at radius 1 is 1.20 bits per heavy atom. The van der Waals surface area contributed by atoms with Crippen LogP contribution in [0, 0.1) is 22.7 Å². The molecule has 3 aliphatic rings. The van der Waals surface area contributed by atoms with Gasteiger partial charge in [0.1, 0.15) is 24.7 Å². The molecule has 0 N–H and O–H groups in total. The molecule has 6 nitrogen and oxygen atoms in total. The van der Waals surface area contributed by atoms with E-state index in [2.05, 4.69) is 13.5 Å². The summed E-state index contributed by atoms with van der Waals surface area (Å²) in [7, 11) is 0. The smallest absolute Gasteiger partial charge is 0.338 e. The van der Waals surface area contributed by atoms with Crippen molar-refractivity contribution in [3.05, 3.63) is 71.8 Å². The highest BCUT2D eigenvalue weighted by atomic mass is 16.6. The molecule has 1 aromatic carbocycles. The van der Waals surface area contributed by atoms with Crippen molar-refractivity contribution in [3.63, 3.8) is 0 Å². The summed E-state index contributed by atoms with van der Waals surface area (Å²) in [5.41, 5.74) is 1.21. The molecule has 0 aromatic heterocycles. The Morgan fingerprint density at radius 2 is 1.94 bits per heavy atom. The van der Waals surface area contributed by atoms with Crippen molar-refractivity contribution in [1.29, 1.82) is 0 Å². The second-order valence-corrected chi connectivity index (χ2v) is 10.3. The largest absolute Gasteiger partial charge is 0.461 e. The predicted octanol–water partition coefficient (Wildman–Crippen LogP) is 5.09. The average molecular weight is 479 g/mol. The van der Waals surface area contributed by atoms with E-state index in [1.165, 1.54) is 6.92 Å². The number of fused-ring (bicyclic) bond motifs is 1. The van der Waals surface area contributed by atoms with Gasteiger partial charge in [0.15, 0.2) is 0 Å². The minimum atomic E-state index is -1.01. The summed E-state index contributed by atoms with van der Waals surface area (Å²) in [5.74, 6) is -1.20. The van der Waals surface area contributed by atoms with E-state index in [-0.39, 0.29) is 35.8 Å². The van der Waals surface area contributed by atoms with Crippen LogP contribution in [0.2, 0.25) is 0 Å². The Morgan fingerprint density at radius 3 is 2.60 bits per heavy atom. The summed E-state index contributed by atoms with van der Waals surface area (Å²) in [6, 6.07) is 9.56. The number of ether oxygens (including phenoxy) is 3. The van der Waals surface area contributed by atoms with Gasteiger partial charge in [-0.2, -0.15) is 0 Å². The zero-order valence-electron chi connectivity index (χ0n) is 20.8. The maximum Gasteiger partial charge on any atom is 0.338 e. The summed E-state index contributed by atoms with van der Waals surface area (Å²) >= 11 is 0. The summed E-state index contributed by atoms with van der Waals surface area (Å²) in [6.45, 7) is 10.3. The van der Waals surface area contributed by atoms with Crippen molar-refractivity contribution in [2.24, 2.45) is 22.7 Å². The Hall–Kier alpha value is -3.15. The third kappa shape index (κ3) is 4.71. The molecule has 0 radical (unpaired) electrons. The molecule has 1 heterocycles. The fourth-order valence-corrected chi connectivity index (χ4v) is 6.38. The number of carbonyl (C=O) groups is 3. The lowest BCUT2D eigenvalue weighted by molar-refractivity contribution is -0.198. The Kier molecular flexibility index (Phi) is 7.02. The molecule has 0 amide bonds. The van der Waals surface area contributed by atoms with Crippen molar-refractivity contribution >= 4 is 17.9 Å². The number of cyclic esters (lactones) is 1. The van der Waals surface area contributed by atoms with E-state index in [0.29, 0.717) is 18.6 Å². The number of hydrogen-bond acceptors (Lipinski definition) is 6. The van der Waals surface area contributed by atoms with Crippen LogP contribution in [-0.4, -0.2) is 30.6 Å². The number of esters is 3. The molecule has 186 valence electrons. The normalized spacial score (nSPS) is 32.5. The van der Waals surface area contributed by atoms with E-state index in [1.54, 1.807) is 6.08 Å². The zero-order valence-corrected chi connectivity index (χ0v) is 20.8. The maximum absolute atomic E-state index is 13.8. The third-order valence-corrected chi connectivity index (χ3v) is 8.22. The van der Waals surface area contributed by atoms with Gasteiger partial charge >= 0.3 is 17.9 Å². The van der Waals surface area contributed by atoms with Crippen LogP contribution in [0.1, 0.15) is 52.0 Å². The quantitative estimate of drug-likeness (QED) is 0.322. The molecule has 2 aliphatic carbocycles. The lowest BCUT2D eigenvalue weighted by Crippen LogP contribution is -2.60. The third-order valence-electron chi connectivity index (χ3n) is 8.22. The van der Waals surface area contributed by atoms with Gasteiger partial charge < -0.3 is 14.2 Å². The fourth-order valence-electron chi connectivity index (χ4n) is 6.38. The van der Waals surface area contributed by atoms with E-state index in [4.69, 9.17) is 14.2 Å². The van der Waals surface area contributed by atoms with Crippen molar-refractivity contribution in [2.75, 3.05) is 6.61 Å². The van der Waals surface area contributed by atoms with Gasteiger partial charge in [-0.1, -0.05) is 61.6 Å². The zero-order chi connectivity index (χ0) is 25.2. The topological polar surface area (TPSA) is 78.9 Å². The standard InChI is InChI=1S/C29H34O6/c1-19-10-13-24-28(3,23(19)12-11-22-15-17-33-26(22)31)16-14-25(35-20(2)30)29(24,4)27(32)34-18-21-8-6-5-7-9-21/h5-9,11-12,15,23-25H,1,10,13-14,16-18H2,2-4H3/b12-11+/t23-,24+,25-,28+,29+/m1/s1. The second kappa shape index (κ2) is 9.84. The van der Waals surface area contributed by atoms with Gasteiger partial charge in [0.05, 0.1) is 5.57 Å². The summed E-state index contributed by atoms with van der Waals surface area (Å²) in [5, 5.41) is 0. The highest BCUT2D eigenvalue weighted by Crippen LogP contribution is 2.62. The first-order valence-electron chi connectivity index (χ1n) is 12.3. The van der Waals surface area contributed by atoms with Crippen molar-refractivity contribution in [3.8, 4) is 0 Å². The van der Waals surface area contributed by atoms with Crippen molar-refractivity contribution < 1.29 is 28.6 Å². The number of hydrogen-bond donors (Lipinski definition) is 0. The maximum atomic E-state index is 13.8. The van der Waals surface area contributed by atoms with Crippen LogP contribution in [0.15, 0.2) is 66.3 Å². The van der Waals surface area contributed by atoms with Crippen molar-refractivity contribution in [1.82, 2.24) is 0 Å². The first-order chi connectivity index (χ1) is 16.7. The lowest BCUT2D eigenvalue weighted by Gasteiger charge is -2.58. The van der Waals surface area contributed by atoms with Gasteiger partial charge in [-0.25, -0.2) is 4.79 Å². The molecule has 6 heteroatoms. The van der Waals surface area contributed by atoms with E-state index in [1.807, 2.05) is 49.4 Å². The highest BCUT2D eigenvalue weighted by molar-refractivity contribution is 5.93. The van der Waals surface area contributed by atoms with Crippen LogP contribution in [0.3, 0.4) is 0 Å². The SMILES string of the molecule is C=C1CC[C@H]2[C@@](C)(CC[C@@H](OC(C)=O)[C@@]2(C)C(=O)OCc2ccccc2)[C@@H]1/C=C/C1=CCOC1=O. The van der Waals surface area contributed by atoms with E-state index in [9.17, 15) is 14.4 Å². The van der Waals surface area contributed by atoms with Gasteiger partial charge in [-0.05, 0) is 55.6 Å². The average Bonchev–Trinajstić information content (AvgIpc) is 3.24. The van der Waals surface area contributed by atoms with Crippen LogP contribution in [0.25, 0.3) is 0 Å². The second-order valence-electron chi connectivity index (χ2n) is 10.3. The van der Waals surface area contributed by atoms with Gasteiger partial charge in [0.25, 0.3) is 0 Å². The molecule has 0 saturated heterocycles. The van der Waals surface area contributed by atoms with Crippen LogP contribution < -0.4 is 0 Å². The predicted molar refractivity (Wildman–Crippen MR) is 131 cm³/mol. The molecule has 35 heavy (non-hydrogen) atoms. The Bertz CT molecular complexity index is 1070. The van der Waals surface area contributed by atoms with Gasteiger partial charge in [0.2, 0.25) is 0 Å². The molecule has 0 unspecified atom stereocenters. The van der Waals surface area contributed by atoms with Crippen molar-refractivity contribution in [2.45, 2.75) is 59.2 Å². The summed E-state index contributed by atoms with van der Waals surface area (Å²) in [6.07, 6.45) is 7.86. The van der Waals surface area contributed by atoms with Crippen LogP contribution >= 0.6 is 0 Å². The summed E-state index contributed by atoms with van der Waals surface area (Å²) in [4.78, 5) is 37.7. The fraction of sp³-hybridized carbons (Fsp3) is 0.483. The lowest BCUT2D eigenvalue weighted by atomic mass is 9.46. The van der Waals surface area contributed by atoms with Gasteiger partial charge in [0, 0.05) is 12.8 Å². The molecule has 2 saturated carbocycles. The van der Waals surface area contributed by atoms with Gasteiger partial charge in [-0.3, -0.25) is 9.59 Å². The number of carbonyl (C=O) groups excluding carboxylic acids is 3. The van der Waals surface area contributed by atoms with E-state index >= 15 is 0 Å². The number of benzene rings is 1. The summed E-state index contributed by atoms with van der Waals surface area (Å²) < 4.78 is 16.6. The molecule has 1 aromatic rings. The monoisotopic (exact) mass is 478 g/mol. The molecular weight excluding hydrogens is 444 g/mol. The van der Waals surface area contributed by atoms with Gasteiger partial charge in [-0.15, -0.1) is 0 Å². The first-order valence-corrected chi connectivity index (χ1v) is 12.3. The molecule has 2 fully saturated rings. The molecule has 0 bridgehead atoms. The first kappa shape index (κ1) is 25.0. The minimum absolute atomic E-state index is 0.0323. The molecule has 0 spiro atoms. The highest BCUT2D eigenvalue weighted by Gasteiger charge is 2.62. The molecular formula is C29H34O6. The van der Waals surface area contributed by atoms with E-state index in [0.717, 1.165) is 30.4 Å². The van der Waals surface area contributed by atoms with Crippen LogP contribution in [0.4, 0.5) is 0 Å². The number of allylic oxidation sites excluding steroid dienone is 2. The molecule has 1 aliphatic heterocycles. The Balaban J connectivity index is 1.65. The van der Waals surface area contributed by atoms with Crippen LogP contribution in [-0.2, 0) is 35.2 Å².